The van der Waals surface area contributed by atoms with Gasteiger partial charge in [-0.15, -0.1) is 0 Å². The van der Waals surface area contributed by atoms with Crippen molar-refractivity contribution >= 4 is 0 Å². The lowest BCUT2D eigenvalue weighted by atomic mass is 10.6. The Morgan fingerprint density at radius 2 is 2.60 bits per heavy atom. The van der Waals surface area contributed by atoms with Crippen molar-refractivity contribution in [3.63, 3.8) is 0 Å². The number of aliphatic hydroxyl groups is 1. The molecule has 0 aliphatic carbocycles. The number of hydrogen-bond donors (Lipinski definition) is 2. The Labute approximate surface area is 58.9 Å². The van der Waals surface area contributed by atoms with Crippen LogP contribution in [0.25, 0.3) is 0 Å². The van der Waals surface area contributed by atoms with Crippen molar-refractivity contribution in [1.82, 2.24) is 9.97 Å². The normalized spacial score (nSPS) is 10.1. The van der Waals surface area contributed by atoms with E-state index in [1.807, 2.05) is 0 Å². The van der Waals surface area contributed by atoms with Crippen molar-refractivity contribution in [2.24, 2.45) is 0 Å². The average Bonchev–Trinajstić information content (AvgIpc) is 2.41. The zero-order valence-corrected chi connectivity index (χ0v) is 5.58. The summed E-state index contributed by atoms with van der Waals surface area (Å²) in [5.74, 6) is 0.786. The minimum Gasteiger partial charge on any atom is -0.394 e. The maximum atomic E-state index is 8.34. The van der Waals surface area contributed by atoms with Crippen LogP contribution in [-0.2, 0) is 11.3 Å². The molecule has 0 aromatic carbocycles. The van der Waals surface area contributed by atoms with Gasteiger partial charge in [0.25, 0.3) is 0 Å². The minimum absolute atomic E-state index is 0.0563. The predicted octanol–water partition coefficient (Wildman–Crippen LogP) is -0.0814. The minimum atomic E-state index is 0.0563. The molecule has 1 aromatic rings. The topological polar surface area (TPSA) is 58.1 Å². The number of hydrogen-bond acceptors (Lipinski definition) is 3. The molecule has 4 nitrogen and oxygen atoms in total. The van der Waals surface area contributed by atoms with E-state index in [1.165, 1.54) is 0 Å². The molecule has 0 fully saturated rings. The number of aromatic amines is 1. The van der Waals surface area contributed by atoms with E-state index in [9.17, 15) is 0 Å². The summed E-state index contributed by atoms with van der Waals surface area (Å²) in [6.45, 7) is 0.856. The summed E-state index contributed by atoms with van der Waals surface area (Å²) < 4.78 is 4.98. The Morgan fingerprint density at radius 3 is 3.20 bits per heavy atom. The second-order valence-corrected chi connectivity index (χ2v) is 1.81. The van der Waals surface area contributed by atoms with E-state index in [1.54, 1.807) is 12.4 Å². The number of aliphatic hydroxyl groups excluding tert-OH is 1. The fourth-order valence-electron chi connectivity index (χ4n) is 0.610. The van der Waals surface area contributed by atoms with Gasteiger partial charge in [-0.05, 0) is 0 Å². The first-order valence-corrected chi connectivity index (χ1v) is 3.10. The summed E-state index contributed by atoms with van der Waals surface area (Å²) >= 11 is 0. The molecule has 0 aliphatic heterocycles. The molecular weight excluding hydrogens is 132 g/mol. The number of ether oxygens (including phenoxy) is 1. The number of nitrogens with one attached hydrogen (secondary N) is 1. The first-order chi connectivity index (χ1) is 4.93. The third kappa shape index (κ3) is 2.16. The predicted molar refractivity (Wildman–Crippen MR) is 35.3 cm³/mol. The summed E-state index contributed by atoms with van der Waals surface area (Å²) in [6, 6.07) is 0. The van der Waals surface area contributed by atoms with Crippen LogP contribution in [0.5, 0.6) is 0 Å². The summed E-state index contributed by atoms with van der Waals surface area (Å²) in [6.07, 6.45) is 3.40. The van der Waals surface area contributed by atoms with Crippen LogP contribution in [0.3, 0.4) is 0 Å². The molecule has 0 unspecified atom stereocenters. The van der Waals surface area contributed by atoms with Crippen molar-refractivity contribution in [1.29, 1.82) is 0 Å². The average molecular weight is 142 g/mol. The molecule has 0 saturated heterocycles. The van der Waals surface area contributed by atoms with Crippen LogP contribution in [0.2, 0.25) is 0 Å². The lowest BCUT2D eigenvalue weighted by molar-refractivity contribution is 0.0780. The third-order valence-electron chi connectivity index (χ3n) is 1.03. The van der Waals surface area contributed by atoms with Gasteiger partial charge in [0.2, 0.25) is 0 Å². The Balaban J connectivity index is 2.15. The van der Waals surface area contributed by atoms with Crippen LogP contribution >= 0.6 is 0 Å². The second-order valence-electron chi connectivity index (χ2n) is 1.81. The molecule has 0 atom stereocenters. The van der Waals surface area contributed by atoms with Crippen molar-refractivity contribution in [2.45, 2.75) is 6.61 Å². The molecule has 56 valence electrons. The fraction of sp³-hybridized carbons (Fsp3) is 0.500. The second kappa shape index (κ2) is 4.03. The number of imidazole rings is 1. The molecule has 1 aromatic heterocycles. The van der Waals surface area contributed by atoms with Crippen LogP contribution in [0.15, 0.2) is 12.4 Å². The van der Waals surface area contributed by atoms with E-state index in [-0.39, 0.29) is 6.61 Å². The molecule has 10 heavy (non-hydrogen) atoms. The number of rotatable bonds is 4. The van der Waals surface area contributed by atoms with Crippen LogP contribution in [0.4, 0.5) is 0 Å². The summed E-state index contributed by atoms with van der Waals surface area (Å²) in [7, 11) is 0. The molecule has 0 radical (unpaired) electrons. The first-order valence-electron chi connectivity index (χ1n) is 3.10. The van der Waals surface area contributed by atoms with Gasteiger partial charge in [-0.2, -0.15) is 0 Å². The largest absolute Gasteiger partial charge is 0.394 e. The van der Waals surface area contributed by atoms with E-state index in [0.717, 1.165) is 5.82 Å². The maximum absolute atomic E-state index is 8.34. The molecule has 0 amide bonds. The molecule has 0 spiro atoms. The van der Waals surface area contributed by atoms with Crippen molar-refractivity contribution < 1.29 is 9.84 Å². The van der Waals surface area contributed by atoms with Gasteiger partial charge >= 0.3 is 0 Å². The molecule has 0 saturated carbocycles. The van der Waals surface area contributed by atoms with E-state index in [2.05, 4.69) is 9.97 Å². The Bertz CT molecular complexity index is 162. The van der Waals surface area contributed by atoms with Gasteiger partial charge in [0.05, 0.1) is 13.2 Å². The lowest BCUT2D eigenvalue weighted by Gasteiger charge is -1.96. The molecule has 4 heteroatoms. The Kier molecular flexibility index (Phi) is 2.92. The maximum Gasteiger partial charge on any atom is 0.132 e. The highest BCUT2D eigenvalue weighted by Gasteiger charge is 1.91. The van der Waals surface area contributed by atoms with E-state index in [4.69, 9.17) is 9.84 Å². The first kappa shape index (κ1) is 7.24. The monoisotopic (exact) mass is 142 g/mol. The SMILES string of the molecule is OCCOCc1ncc[nH]1. The lowest BCUT2D eigenvalue weighted by Crippen LogP contribution is -2.00. The van der Waals surface area contributed by atoms with Crippen molar-refractivity contribution in [3.05, 3.63) is 18.2 Å². The van der Waals surface area contributed by atoms with Gasteiger partial charge in [-0.3, -0.25) is 0 Å². The number of H-pyrrole nitrogens is 1. The highest BCUT2D eigenvalue weighted by Crippen LogP contribution is 1.90. The highest BCUT2D eigenvalue weighted by molar-refractivity contribution is 4.83. The van der Waals surface area contributed by atoms with E-state index >= 15 is 0 Å². The van der Waals surface area contributed by atoms with Crippen molar-refractivity contribution in [3.8, 4) is 0 Å². The highest BCUT2D eigenvalue weighted by atomic mass is 16.5. The standard InChI is InChI=1S/C6H10N2O2/c9-3-4-10-5-6-7-1-2-8-6/h1-2,9H,3-5H2,(H,7,8). The molecule has 2 N–H and O–H groups in total. The Morgan fingerprint density at radius 1 is 1.70 bits per heavy atom. The third-order valence-corrected chi connectivity index (χ3v) is 1.03. The van der Waals surface area contributed by atoms with Gasteiger partial charge in [0.1, 0.15) is 12.4 Å². The molecule has 0 aliphatic rings. The zero-order valence-electron chi connectivity index (χ0n) is 5.58. The van der Waals surface area contributed by atoms with Crippen LogP contribution in [0.1, 0.15) is 5.82 Å². The molecule has 1 heterocycles. The van der Waals surface area contributed by atoms with Crippen molar-refractivity contribution in [2.75, 3.05) is 13.2 Å². The van der Waals surface area contributed by atoms with Gasteiger partial charge in [0.15, 0.2) is 0 Å². The molecule has 0 bridgehead atoms. The molecule has 1 rings (SSSR count). The van der Waals surface area contributed by atoms with E-state index < -0.39 is 0 Å². The summed E-state index contributed by atoms with van der Waals surface area (Å²) in [5.41, 5.74) is 0. The van der Waals surface area contributed by atoms with Gasteiger partial charge < -0.3 is 14.8 Å². The Hall–Kier alpha value is -0.870. The van der Waals surface area contributed by atoms with Crippen LogP contribution in [-0.4, -0.2) is 28.3 Å². The molecular formula is C6H10N2O2. The van der Waals surface area contributed by atoms with E-state index in [0.29, 0.717) is 13.2 Å². The fourth-order valence-corrected chi connectivity index (χ4v) is 0.610. The number of aromatic nitrogens is 2. The zero-order chi connectivity index (χ0) is 7.23. The number of nitrogens with zero attached hydrogens (tertiary/aromatic N) is 1. The van der Waals surface area contributed by atoms with Gasteiger partial charge in [0, 0.05) is 12.4 Å². The summed E-state index contributed by atoms with van der Waals surface area (Å²) in [5, 5.41) is 8.34. The summed E-state index contributed by atoms with van der Waals surface area (Å²) in [4.78, 5) is 6.80. The van der Waals surface area contributed by atoms with Crippen LogP contribution in [0, 0.1) is 0 Å². The van der Waals surface area contributed by atoms with Crippen LogP contribution < -0.4 is 0 Å². The quantitative estimate of drug-likeness (QED) is 0.578. The smallest absolute Gasteiger partial charge is 0.132 e. The van der Waals surface area contributed by atoms with Gasteiger partial charge in [-0.1, -0.05) is 0 Å². The van der Waals surface area contributed by atoms with Gasteiger partial charge in [-0.25, -0.2) is 4.98 Å².